The van der Waals surface area contributed by atoms with Crippen LogP contribution in [0.5, 0.6) is 0 Å². The minimum atomic E-state index is 0.0663. The van der Waals surface area contributed by atoms with Crippen LogP contribution in [0.25, 0.3) is 27.9 Å². The molecule has 3 heterocycles. The molecule has 0 radical (unpaired) electrons. The van der Waals surface area contributed by atoms with E-state index < -0.39 is 0 Å². The SMILES string of the molecule is CCN1CCN(C(=O)/C=C/c2cc3c(cn2)[nH]c2ccccc23)CC1. The van der Waals surface area contributed by atoms with E-state index in [0.29, 0.717) is 0 Å². The molecule has 1 aromatic carbocycles. The molecule has 1 aliphatic rings. The van der Waals surface area contributed by atoms with Crippen LogP contribution in [-0.2, 0) is 4.79 Å². The summed E-state index contributed by atoms with van der Waals surface area (Å²) >= 11 is 0. The molecule has 5 heteroatoms. The molecule has 1 aliphatic heterocycles. The van der Waals surface area contributed by atoms with E-state index in [4.69, 9.17) is 0 Å². The second-order valence-corrected chi connectivity index (χ2v) is 6.42. The number of nitrogens with zero attached hydrogens (tertiary/aromatic N) is 3. The number of amides is 1. The lowest BCUT2D eigenvalue weighted by Gasteiger charge is -2.33. The van der Waals surface area contributed by atoms with Crippen molar-refractivity contribution in [2.75, 3.05) is 32.7 Å². The van der Waals surface area contributed by atoms with Gasteiger partial charge in [-0.15, -0.1) is 0 Å². The largest absolute Gasteiger partial charge is 0.353 e. The van der Waals surface area contributed by atoms with Crippen LogP contribution in [-0.4, -0.2) is 58.4 Å². The second kappa shape index (κ2) is 6.69. The Kier molecular flexibility index (Phi) is 4.24. The summed E-state index contributed by atoms with van der Waals surface area (Å²) in [5.41, 5.74) is 2.92. The van der Waals surface area contributed by atoms with Crippen molar-refractivity contribution < 1.29 is 4.79 Å². The van der Waals surface area contributed by atoms with Crippen LogP contribution < -0.4 is 0 Å². The van der Waals surface area contributed by atoms with Gasteiger partial charge in [-0.2, -0.15) is 0 Å². The van der Waals surface area contributed by atoms with Gasteiger partial charge in [0.15, 0.2) is 0 Å². The standard InChI is InChI=1S/C20H22N4O/c1-2-23-9-11-24(12-10-23)20(25)8-7-15-13-17-16-5-3-4-6-18(16)22-19(17)14-21-15/h3-8,13-14,22H,2,9-12H2,1H3/b8-7+. The van der Waals surface area contributed by atoms with E-state index in [9.17, 15) is 4.79 Å². The van der Waals surface area contributed by atoms with Gasteiger partial charge in [0, 0.05) is 48.5 Å². The van der Waals surface area contributed by atoms with E-state index in [1.807, 2.05) is 35.4 Å². The summed E-state index contributed by atoms with van der Waals surface area (Å²) in [6.45, 7) is 6.71. The van der Waals surface area contributed by atoms with E-state index in [1.54, 1.807) is 6.08 Å². The van der Waals surface area contributed by atoms with Crippen molar-refractivity contribution in [2.45, 2.75) is 6.92 Å². The Bertz CT molecular complexity index is 935. The van der Waals surface area contributed by atoms with Gasteiger partial charge in [-0.05, 0) is 24.8 Å². The number of likely N-dealkylation sites (N-methyl/N-ethyl adjacent to an activating group) is 1. The molecular formula is C20H22N4O. The van der Waals surface area contributed by atoms with Crippen molar-refractivity contribution >= 4 is 33.8 Å². The molecule has 3 aromatic rings. The molecule has 25 heavy (non-hydrogen) atoms. The van der Waals surface area contributed by atoms with Crippen LogP contribution in [0, 0.1) is 0 Å². The van der Waals surface area contributed by atoms with Gasteiger partial charge in [-0.3, -0.25) is 9.78 Å². The number of nitrogens with one attached hydrogen (secondary N) is 1. The average molecular weight is 334 g/mol. The Morgan fingerprint density at radius 2 is 1.96 bits per heavy atom. The number of carbonyl (C=O) groups is 1. The first-order chi connectivity index (χ1) is 12.2. The van der Waals surface area contributed by atoms with E-state index in [-0.39, 0.29) is 5.91 Å². The third kappa shape index (κ3) is 3.15. The van der Waals surface area contributed by atoms with Crippen LogP contribution in [0.1, 0.15) is 12.6 Å². The highest BCUT2D eigenvalue weighted by molar-refractivity contribution is 6.07. The second-order valence-electron chi connectivity index (χ2n) is 6.42. The number of aromatic nitrogens is 2. The monoisotopic (exact) mass is 334 g/mol. The maximum absolute atomic E-state index is 12.4. The number of benzene rings is 1. The fourth-order valence-corrected chi connectivity index (χ4v) is 3.40. The van der Waals surface area contributed by atoms with Crippen LogP contribution in [0.2, 0.25) is 0 Å². The molecule has 128 valence electrons. The number of pyridine rings is 1. The highest BCUT2D eigenvalue weighted by Crippen LogP contribution is 2.25. The smallest absolute Gasteiger partial charge is 0.246 e. The summed E-state index contributed by atoms with van der Waals surface area (Å²) in [4.78, 5) is 24.5. The number of hydrogen-bond donors (Lipinski definition) is 1. The van der Waals surface area contributed by atoms with Gasteiger partial charge >= 0.3 is 0 Å². The zero-order valence-corrected chi connectivity index (χ0v) is 14.4. The molecule has 0 spiro atoms. The summed E-state index contributed by atoms with van der Waals surface area (Å²) in [5.74, 6) is 0.0663. The van der Waals surface area contributed by atoms with Crippen molar-refractivity contribution in [3.05, 3.63) is 48.3 Å². The van der Waals surface area contributed by atoms with Crippen molar-refractivity contribution in [3.63, 3.8) is 0 Å². The third-order valence-electron chi connectivity index (χ3n) is 4.94. The fraction of sp³-hybridized carbons (Fsp3) is 0.300. The predicted molar refractivity (Wildman–Crippen MR) is 101 cm³/mol. The van der Waals surface area contributed by atoms with Crippen LogP contribution in [0.15, 0.2) is 42.6 Å². The van der Waals surface area contributed by atoms with E-state index >= 15 is 0 Å². The van der Waals surface area contributed by atoms with Crippen LogP contribution >= 0.6 is 0 Å². The fourth-order valence-electron chi connectivity index (χ4n) is 3.40. The zero-order chi connectivity index (χ0) is 17.2. The first-order valence-electron chi connectivity index (χ1n) is 8.80. The van der Waals surface area contributed by atoms with Gasteiger partial charge in [-0.25, -0.2) is 0 Å². The Balaban J connectivity index is 1.53. The van der Waals surface area contributed by atoms with E-state index in [1.165, 1.54) is 5.39 Å². The zero-order valence-electron chi connectivity index (χ0n) is 14.4. The molecule has 2 aromatic heterocycles. The first kappa shape index (κ1) is 15.8. The van der Waals surface area contributed by atoms with E-state index in [0.717, 1.165) is 54.8 Å². The number of H-pyrrole nitrogens is 1. The van der Waals surface area contributed by atoms with Gasteiger partial charge in [0.2, 0.25) is 5.91 Å². The Labute approximate surface area is 146 Å². The van der Waals surface area contributed by atoms with Gasteiger partial charge < -0.3 is 14.8 Å². The van der Waals surface area contributed by atoms with Crippen molar-refractivity contribution in [2.24, 2.45) is 0 Å². The summed E-state index contributed by atoms with van der Waals surface area (Å²) in [5, 5.41) is 2.31. The molecule has 0 atom stereocenters. The molecule has 1 amide bonds. The molecule has 0 unspecified atom stereocenters. The molecule has 1 saturated heterocycles. The molecular weight excluding hydrogens is 312 g/mol. The van der Waals surface area contributed by atoms with Gasteiger partial charge in [0.25, 0.3) is 0 Å². The molecule has 0 bridgehead atoms. The quantitative estimate of drug-likeness (QED) is 0.749. The molecule has 4 rings (SSSR count). The normalized spacial score (nSPS) is 16.3. The molecule has 5 nitrogen and oxygen atoms in total. The number of carbonyl (C=O) groups excluding carboxylic acids is 1. The number of piperazine rings is 1. The Hall–Kier alpha value is -2.66. The Morgan fingerprint density at radius 3 is 2.76 bits per heavy atom. The molecule has 0 saturated carbocycles. The highest BCUT2D eigenvalue weighted by atomic mass is 16.2. The highest BCUT2D eigenvalue weighted by Gasteiger charge is 2.18. The third-order valence-corrected chi connectivity index (χ3v) is 4.94. The van der Waals surface area contributed by atoms with Crippen molar-refractivity contribution in [1.82, 2.24) is 19.8 Å². The lowest BCUT2D eigenvalue weighted by Crippen LogP contribution is -2.48. The maximum atomic E-state index is 12.4. The summed E-state index contributed by atoms with van der Waals surface area (Å²) in [7, 11) is 0. The van der Waals surface area contributed by atoms with Gasteiger partial charge in [-0.1, -0.05) is 25.1 Å². The average Bonchev–Trinajstić information content (AvgIpc) is 3.04. The maximum Gasteiger partial charge on any atom is 0.246 e. The molecule has 0 aliphatic carbocycles. The summed E-state index contributed by atoms with van der Waals surface area (Å²) in [6, 6.07) is 10.2. The van der Waals surface area contributed by atoms with Crippen LogP contribution in [0.4, 0.5) is 0 Å². The number of fused-ring (bicyclic) bond motifs is 3. The summed E-state index contributed by atoms with van der Waals surface area (Å²) in [6.07, 6.45) is 5.29. The molecule has 1 N–H and O–H groups in total. The minimum Gasteiger partial charge on any atom is -0.353 e. The number of rotatable bonds is 3. The van der Waals surface area contributed by atoms with E-state index in [2.05, 4.69) is 33.9 Å². The lowest BCUT2D eigenvalue weighted by atomic mass is 10.1. The first-order valence-corrected chi connectivity index (χ1v) is 8.80. The lowest BCUT2D eigenvalue weighted by molar-refractivity contribution is -0.127. The van der Waals surface area contributed by atoms with Crippen molar-refractivity contribution in [3.8, 4) is 0 Å². The topological polar surface area (TPSA) is 52.2 Å². The van der Waals surface area contributed by atoms with Crippen molar-refractivity contribution in [1.29, 1.82) is 0 Å². The Morgan fingerprint density at radius 1 is 1.16 bits per heavy atom. The van der Waals surface area contributed by atoms with Gasteiger partial charge in [0.05, 0.1) is 17.4 Å². The minimum absolute atomic E-state index is 0.0663. The van der Waals surface area contributed by atoms with Crippen LogP contribution in [0.3, 0.4) is 0 Å². The summed E-state index contributed by atoms with van der Waals surface area (Å²) < 4.78 is 0. The number of para-hydroxylation sites is 1. The number of hydrogen-bond acceptors (Lipinski definition) is 3. The molecule has 1 fully saturated rings. The van der Waals surface area contributed by atoms with Gasteiger partial charge in [0.1, 0.15) is 0 Å². The number of aromatic amines is 1. The predicted octanol–water partition coefficient (Wildman–Crippen LogP) is 2.89.